The molecule has 29 heavy (non-hydrogen) atoms. The van der Waals surface area contributed by atoms with Gasteiger partial charge in [0.05, 0.1) is 6.54 Å². The Hall–Kier alpha value is -2.08. The van der Waals surface area contributed by atoms with E-state index in [0.717, 1.165) is 45.0 Å². The monoisotopic (exact) mass is 401 g/mol. The molecule has 1 aromatic rings. The molecule has 1 aliphatic heterocycles. The molecular weight excluding hydrogens is 362 g/mol. The number of rotatable bonds is 7. The molecule has 0 aromatic heterocycles. The fourth-order valence-electron chi connectivity index (χ4n) is 3.42. The zero-order valence-corrected chi connectivity index (χ0v) is 18.8. The third-order valence-electron chi connectivity index (χ3n) is 5.11. The van der Waals surface area contributed by atoms with Crippen molar-refractivity contribution >= 4 is 11.9 Å². The summed E-state index contributed by atoms with van der Waals surface area (Å²) in [6.45, 7) is 15.1. The zero-order valence-electron chi connectivity index (χ0n) is 18.8. The molecule has 0 saturated carbocycles. The first-order chi connectivity index (χ1) is 13.8. The standard InChI is InChI=1S/C23H39N5O/c1-6-24-22(26-13-12-25-21(29)23(3,4)5)27-20-10-14-28(15-11-20)17-19-9-7-8-18(2)16-19/h7-9,16,20H,6,10-15,17H2,1-5H3,(H,25,29)(H2,24,26,27). The molecule has 0 unspecified atom stereocenters. The quantitative estimate of drug-likeness (QED) is 0.373. The van der Waals surface area contributed by atoms with E-state index in [1.54, 1.807) is 0 Å². The summed E-state index contributed by atoms with van der Waals surface area (Å²) < 4.78 is 0. The van der Waals surface area contributed by atoms with Crippen LogP contribution in [0.2, 0.25) is 0 Å². The first kappa shape index (κ1) is 23.2. The largest absolute Gasteiger partial charge is 0.357 e. The van der Waals surface area contributed by atoms with Crippen molar-refractivity contribution in [2.75, 3.05) is 32.7 Å². The van der Waals surface area contributed by atoms with Gasteiger partial charge < -0.3 is 16.0 Å². The molecule has 1 aliphatic rings. The zero-order chi connectivity index (χ0) is 21.3. The number of carbonyl (C=O) groups is 1. The summed E-state index contributed by atoms with van der Waals surface area (Å²) in [5.41, 5.74) is 2.35. The average Bonchev–Trinajstić information content (AvgIpc) is 2.66. The molecule has 0 aliphatic carbocycles. The number of piperidine rings is 1. The van der Waals surface area contributed by atoms with E-state index in [4.69, 9.17) is 0 Å². The minimum Gasteiger partial charge on any atom is -0.357 e. The second kappa shape index (κ2) is 11.2. The van der Waals surface area contributed by atoms with E-state index in [2.05, 4.69) is 64.0 Å². The highest BCUT2D eigenvalue weighted by molar-refractivity contribution is 5.81. The molecule has 1 heterocycles. The molecule has 2 rings (SSSR count). The number of nitrogens with zero attached hydrogens (tertiary/aromatic N) is 2. The van der Waals surface area contributed by atoms with Crippen LogP contribution in [0, 0.1) is 12.3 Å². The molecule has 1 aromatic carbocycles. The number of guanidine groups is 1. The Morgan fingerprint density at radius 3 is 2.55 bits per heavy atom. The topological polar surface area (TPSA) is 68.8 Å². The minimum absolute atomic E-state index is 0.0617. The Labute approximate surface area is 176 Å². The number of carbonyl (C=O) groups excluding carboxylic acids is 1. The highest BCUT2D eigenvalue weighted by atomic mass is 16.2. The smallest absolute Gasteiger partial charge is 0.225 e. The lowest BCUT2D eigenvalue weighted by Crippen LogP contribution is -2.48. The molecule has 0 bridgehead atoms. The number of aliphatic imine (C=N–C) groups is 1. The Bertz CT molecular complexity index is 672. The van der Waals surface area contributed by atoms with Gasteiger partial charge in [0.25, 0.3) is 0 Å². The van der Waals surface area contributed by atoms with Gasteiger partial charge in [-0.3, -0.25) is 14.7 Å². The van der Waals surface area contributed by atoms with Crippen LogP contribution in [0.15, 0.2) is 29.3 Å². The number of nitrogens with one attached hydrogen (secondary N) is 3. The minimum atomic E-state index is -0.362. The second-order valence-electron chi connectivity index (χ2n) is 8.95. The Morgan fingerprint density at radius 1 is 1.21 bits per heavy atom. The number of aryl methyl sites for hydroxylation is 1. The van der Waals surface area contributed by atoms with Crippen molar-refractivity contribution in [3.63, 3.8) is 0 Å². The predicted octanol–water partition coefficient (Wildman–Crippen LogP) is 2.68. The maximum Gasteiger partial charge on any atom is 0.225 e. The van der Waals surface area contributed by atoms with E-state index in [9.17, 15) is 4.79 Å². The fourth-order valence-corrected chi connectivity index (χ4v) is 3.42. The predicted molar refractivity (Wildman–Crippen MR) is 121 cm³/mol. The van der Waals surface area contributed by atoms with Crippen LogP contribution in [0.3, 0.4) is 0 Å². The Kier molecular flexibility index (Phi) is 8.96. The van der Waals surface area contributed by atoms with Crippen LogP contribution >= 0.6 is 0 Å². The van der Waals surface area contributed by atoms with E-state index in [0.29, 0.717) is 19.1 Å². The van der Waals surface area contributed by atoms with Crippen LogP contribution in [0.1, 0.15) is 51.7 Å². The molecule has 1 saturated heterocycles. The summed E-state index contributed by atoms with van der Waals surface area (Å²) >= 11 is 0. The highest BCUT2D eigenvalue weighted by Crippen LogP contribution is 2.15. The van der Waals surface area contributed by atoms with Gasteiger partial charge >= 0.3 is 0 Å². The Balaban J connectivity index is 1.75. The SMILES string of the molecule is CCNC(=NCCNC(=O)C(C)(C)C)NC1CCN(Cc2cccc(C)c2)CC1. The van der Waals surface area contributed by atoms with Gasteiger partial charge in [0.2, 0.25) is 5.91 Å². The number of likely N-dealkylation sites (tertiary alicyclic amines) is 1. The van der Waals surface area contributed by atoms with Crippen molar-refractivity contribution in [1.82, 2.24) is 20.9 Å². The maximum atomic E-state index is 11.9. The van der Waals surface area contributed by atoms with Crippen LogP contribution in [0.4, 0.5) is 0 Å². The third kappa shape index (κ3) is 8.44. The molecule has 0 radical (unpaired) electrons. The van der Waals surface area contributed by atoms with Crippen LogP contribution in [-0.2, 0) is 11.3 Å². The van der Waals surface area contributed by atoms with E-state index in [-0.39, 0.29) is 11.3 Å². The van der Waals surface area contributed by atoms with Crippen molar-refractivity contribution < 1.29 is 4.79 Å². The van der Waals surface area contributed by atoms with Crippen LogP contribution in [-0.4, -0.2) is 55.5 Å². The number of amides is 1. The van der Waals surface area contributed by atoms with Gasteiger partial charge in [0.1, 0.15) is 0 Å². The van der Waals surface area contributed by atoms with E-state index in [1.165, 1.54) is 11.1 Å². The van der Waals surface area contributed by atoms with Gasteiger partial charge in [-0.2, -0.15) is 0 Å². The number of hydrogen-bond donors (Lipinski definition) is 3. The summed E-state index contributed by atoms with van der Waals surface area (Å²) in [7, 11) is 0. The van der Waals surface area contributed by atoms with Gasteiger partial charge in [-0.15, -0.1) is 0 Å². The Morgan fingerprint density at radius 2 is 1.93 bits per heavy atom. The maximum absolute atomic E-state index is 11.9. The lowest BCUT2D eigenvalue weighted by molar-refractivity contribution is -0.128. The molecule has 3 N–H and O–H groups in total. The van der Waals surface area contributed by atoms with Gasteiger partial charge in [-0.05, 0) is 32.3 Å². The van der Waals surface area contributed by atoms with Crippen molar-refractivity contribution in [3.05, 3.63) is 35.4 Å². The van der Waals surface area contributed by atoms with Crippen molar-refractivity contribution in [2.24, 2.45) is 10.4 Å². The second-order valence-corrected chi connectivity index (χ2v) is 8.95. The van der Waals surface area contributed by atoms with Gasteiger partial charge in [-0.25, -0.2) is 0 Å². The summed E-state index contributed by atoms with van der Waals surface area (Å²) in [5, 5.41) is 9.83. The first-order valence-corrected chi connectivity index (χ1v) is 10.9. The number of benzene rings is 1. The van der Waals surface area contributed by atoms with Crippen LogP contribution in [0.5, 0.6) is 0 Å². The first-order valence-electron chi connectivity index (χ1n) is 10.9. The van der Waals surface area contributed by atoms with Crippen molar-refractivity contribution in [2.45, 2.75) is 60.0 Å². The summed E-state index contributed by atoms with van der Waals surface area (Å²) in [4.78, 5) is 19.1. The van der Waals surface area contributed by atoms with Gasteiger partial charge in [0, 0.05) is 44.2 Å². The molecule has 1 amide bonds. The van der Waals surface area contributed by atoms with E-state index in [1.807, 2.05) is 20.8 Å². The molecule has 0 spiro atoms. The van der Waals surface area contributed by atoms with Crippen LogP contribution in [0.25, 0.3) is 0 Å². The lowest BCUT2D eigenvalue weighted by atomic mass is 9.96. The number of hydrogen-bond acceptors (Lipinski definition) is 3. The molecule has 162 valence electrons. The van der Waals surface area contributed by atoms with Gasteiger partial charge in [0.15, 0.2) is 5.96 Å². The fraction of sp³-hybridized carbons (Fsp3) is 0.652. The molecule has 0 atom stereocenters. The van der Waals surface area contributed by atoms with Crippen LogP contribution < -0.4 is 16.0 Å². The van der Waals surface area contributed by atoms with Gasteiger partial charge in [-0.1, -0.05) is 50.6 Å². The molecule has 6 nitrogen and oxygen atoms in total. The molecular formula is C23H39N5O. The van der Waals surface area contributed by atoms with Crippen molar-refractivity contribution in [3.8, 4) is 0 Å². The molecule has 1 fully saturated rings. The summed E-state index contributed by atoms with van der Waals surface area (Å²) in [5.74, 6) is 0.904. The van der Waals surface area contributed by atoms with E-state index >= 15 is 0 Å². The average molecular weight is 402 g/mol. The molecule has 6 heteroatoms. The normalized spacial score (nSPS) is 16.5. The highest BCUT2D eigenvalue weighted by Gasteiger charge is 2.21. The third-order valence-corrected chi connectivity index (χ3v) is 5.11. The summed E-state index contributed by atoms with van der Waals surface area (Å²) in [6, 6.07) is 9.22. The lowest BCUT2D eigenvalue weighted by Gasteiger charge is -2.33. The van der Waals surface area contributed by atoms with E-state index < -0.39 is 0 Å². The van der Waals surface area contributed by atoms with Crippen molar-refractivity contribution in [1.29, 1.82) is 0 Å². The summed E-state index contributed by atoms with van der Waals surface area (Å²) in [6.07, 6.45) is 2.22.